The first-order chi connectivity index (χ1) is 16.1. The highest BCUT2D eigenvalue weighted by Gasteiger charge is 2.33. The molecule has 5 rings (SSSR count). The lowest BCUT2D eigenvalue weighted by Crippen LogP contribution is -2.49. The van der Waals surface area contributed by atoms with Crippen molar-refractivity contribution in [2.75, 3.05) is 13.1 Å². The highest BCUT2D eigenvalue weighted by atomic mass is 16.3. The number of nitrogens with zero attached hydrogens (tertiary/aromatic N) is 3. The molecule has 33 heavy (non-hydrogen) atoms. The molecular formula is C27H32N4O2. The summed E-state index contributed by atoms with van der Waals surface area (Å²) in [4.78, 5) is 15.8. The number of carbonyl (C=O) groups is 1. The van der Waals surface area contributed by atoms with E-state index in [1.807, 2.05) is 61.7 Å². The molecule has 1 amide bonds. The molecular weight excluding hydrogens is 412 g/mol. The predicted molar refractivity (Wildman–Crippen MR) is 129 cm³/mol. The average molecular weight is 445 g/mol. The fourth-order valence-electron chi connectivity index (χ4n) is 5.24. The molecule has 2 aliphatic rings. The van der Waals surface area contributed by atoms with Crippen molar-refractivity contribution >= 4 is 5.91 Å². The normalized spacial score (nSPS) is 21.9. The van der Waals surface area contributed by atoms with Crippen molar-refractivity contribution in [3.8, 4) is 16.9 Å². The first-order valence-corrected chi connectivity index (χ1v) is 12.0. The molecule has 1 aliphatic carbocycles. The van der Waals surface area contributed by atoms with Crippen molar-refractivity contribution in [2.24, 2.45) is 0 Å². The van der Waals surface area contributed by atoms with Crippen LogP contribution >= 0.6 is 0 Å². The minimum atomic E-state index is -0.197. The highest BCUT2D eigenvalue weighted by molar-refractivity contribution is 6.00. The Labute approximate surface area is 195 Å². The van der Waals surface area contributed by atoms with Crippen LogP contribution < -0.4 is 5.32 Å². The summed E-state index contributed by atoms with van der Waals surface area (Å²) in [5.41, 5.74) is 4.30. The molecule has 172 valence electrons. The lowest BCUT2D eigenvalue weighted by molar-refractivity contribution is 0.0514. The number of benzene rings is 2. The van der Waals surface area contributed by atoms with E-state index in [9.17, 15) is 9.90 Å². The van der Waals surface area contributed by atoms with Crippen LogP contribution in [0, 0.1) is 6.92 Å². The van der Waals surface area contributed by atoms with Gasteiger partial charge in [-0.15, -0.1) is 0 Å². The molecule has 2 heterocycles. The minimum Gasteiger partial charge on any atom is -0.391 e. The van der Waals surface area contributed by atoms with E-state index in [1.165, 1.54) is 0 Å². The number of carbonyl (C=O) groups excluding carboxylic acids is 1. The van der Waals surface area contributed by atoms with Gasteiger partial charge < -0.3 is 10.4 Å². The van der Waals surface area contributed by atoms with Gasteiger partial charge >= 0.3 is 0 Å². The fraction of sp³-hybridized carbons (Fsp3) is 0.407. The van der Waals surface area contributed by atoms with Gasteiger partial charge in [0.05, 0.1) is 17.4 Å². The Morgan fingerprint density at radius 3 is 2.52 bits per heavy atom. The van der Waals surface area contributed by atoms with Gasteiger partial charge in [0.2, 0.25) is 0 Å². The van der Waals surface area contributed by atoms with Gasteiger partial charge in [0, 0.05) is 36.9 Å². The average Bonchev–Trinajstić information content (AvgIpc) is 3.47. The third-order valence-electron chi connectivity index (χ3n) is 7.05. The molecule has 1 aromatic heterocycles. The summed E-state index contributed by atoms with van der Waals surface area (Å²) in [7, 11) is 0. The Bertz CT molecular complexity index is 1100. The molecule has 6 nitrogen and oxygen atoms in total. The Balaban J connectivity index is 1.34. The molecule has 6 heteroatoms. The van der Waals surface area contributed by atoms with Gasteiger partial charge in [-0.3, -0.25) is 9.69 Å². The number of nitrogens with one attached hydrogen (secondary N) is 1. The molecule has 1 saturated heterocycles. The Hall–Kier alpha value is -2.96. The third-order valence-corrected chi connectivity index (χ3v) is 7.05. The third kappa shape index (κ3) is 4.72. The van der Waals surface area contributed by atoms with Gasteiger partial charge in [-0.2, -0.15) is 5.10 Å². The van der Waals surface area contributed by atoms with Crippen molar-refractivity contribution in [1.29, 1.82) is 0 Å². The van der Waals surface area contributed by atoms with Gasteiger partial charge in [-0.05, 0) is 57.2 Å². The van der Waals surface area contributed by atoms with Crippen LogP contribution in [-0.2, 0) is 0 Å². The molecule has 0 bridgehead atoms. The lowest BCUT2D eigenvalue weighted by atomic mass is 10.0. The van der Waals surface area contributed by atoms with Crippen LogP contribution in [0.5, 0.6) is 0 Å². The topological polar surface area (TPSA) is 70.4 Å². The fourth-order valence-corrected chi connectivity index (χ4v) is 5.24. The molecule has 2 N–H and O–H groups in total. The zero-order valence-electron chi connectivity index (χ0n) is 19.2. The van der Waals surface area contributed by atoms with E-state index in [2.05, 4.69) is 16.3 Å². The van der Waals surface area contributed by atoms with Crippen LogP contribution in [-0.4, -0.2) is 57.0 Å². The molecule has 0 spiro atoms. The van der Waals surface area contributed by atoms with E-state index in [-0.39, 0.29) is 18.1 Å². The van der Waals surface area contributed by atoms with E-state index in [0.717, 1.165) is 62.0 Å². The summed E-state index contributed by atoms with van der Waals surface area (Å²) >= 11 is 0. The second kappa shape index (κ2) is 9.49. The van der Waals surface area contributed by atoms with Crippen LogP contribution in [0.4, 0.5) is 0 Å². The van der Waals surface area contributed by atoms with Crippen LogP contribution in [0.25, 0.3) is 16.9 Å². The summed E-state index contributed by atoms with van der Waals surface area (Å²) in [6.07, 6.45) is 6.55. The second-order valence-corrected chi connectivity index (χ2v) is 9.39. The quantitative estimate of drug-likeness (QED) is 0.625. The summed E-state index contributed by atoms with van der Waals surface area (Å²) in [6, 6.07) is 18.4. The van der Waals surface area contributed by atoms with Crippen molar-refractivity contribution in [3.63, 3.8) is 0 Å². The number of amides is 1. The molecule has 3 aromatic rings. The maximum Gasteiger partial charge on any atom is 0.255 e. The van der Waals surface area contributed by atoms with E-state index in [1.54, 1.807) is 4.68 Å². The number of aliphatic hydroxyl groups is 1. The van der Waals surface area contributed by atoms with E-state index in [0.29, 0.717) is 17.3 Å². The lowest BCUT2D eigenvalue weighted by Gasteiger charge is -2.37. The first-order valence-electron chi connectivity index (χ1n) is 12.0. The number of aliphatic hydroxyl groups excluding tert-OH is 1. The predicted octanol–water partition coefficient (Wildman–Crippen LogP) is 3.96. The van der Waals surface area contributed by atoms with Crippen LogP contribution in [0.2, 0.25) is 0 Å². The van der Waals surface area contributed by atoms with Crippen LogP contribution in [0.3, 0.4) is 0 Å². The maximum atomic E-state index is 13.4. The molecule has 1 aliphatic heterocycles. The number of aryl methyl sites for hydroxylation is 1. The van der Waals surface area contributed by atoms with Gasteiger partial charge in [-0.1, -0.05) is 42.0 Å². The SMILES string of the molecule is Cc1cccc(-c2nn(-c3ccccc3)cc2C(=O)NC2CCN(C3CCCC3O)CC2)c1. The number of piperidine rings is 1. The maximum absolute atomic E-state index is 13.4. The van der Waals surface area contributed by atoms with Gasteiger partial charge in [0.25, 0.3) is 5.91 Å². The summed E-state index contributed by atoms with van der Waals surface area (Å²) in [5, 5.41) is 18.3. The summed E-state index contributed by atoms with van der Waals surface area (Å²) < 4.78 is 1.79. The number of rotatable bonds is 5. The highest BCUT2D eigenvalue weighted by Crippen LogP contribution is 2.28. The largest absolute Gasteiger partial charge is 0.391 e. The summed E-state index contributed by atoms with van der Waals surface area (Å²) in [6.45, 7) is 3.88. The Morgan fingerprint density at radius 1 is 1.03 bits per heavy atom. The molecule has 1 saturated carbocycles. The number of likely N-dealkylation sites (tertiary alicyclic amines) is 1. The number of para-hydroxylation sites is 1. The van der Waals surface area contributed by atoms with Gasteiger partial charge in [0.15, 0.2) is 0 Å². The van der Waals surface area contributed by atoms with Crippen molar-refractivity contribution in [1.82, 2.24) is 20.0 Å². The molecule has 2 fully saturated rings. The van der Waals surface area contributed by atoms with Crippen molar-refractivity contribution in [3.05, 3.63) is 71.9 Å². The van der Waals surface area contributed by atoms with Gasteiger partial charge in [-0.25, -0.2) is 4.68 Å². The zero-order valence-corrected chi connectivity index (χ0v) is 19.2. The monoisotopic (exact) mass is 444 g/mol. The van der Waals surface area contributed by atoms with Gasteiger partial charge in [0.1, 0.15) is 5.69 Å². The Kier molecular flexibility index (Phi) is 6.29. The van der Waals surface area contributed by atoms with E-state index < -0.39 is 0 Å². The zero-order chi connectivity index (χ0) is 22.8. The number of hydrogen-bond acceptors (Lipinski definition) is 4. The standard InChI is InChI=1S/C27H32N4O2/c1-19-7-5-8-20(17-19)26-23(18-31(29-26)22-9-3-2-4-10-22)27(33)28-21-13-15-30(16-14-21)24-11-6-12-25(24)32/h2-5,7-10,17-18,21,24-25,32H,6,11-16H2,1H3,(H,28,33). The smallest absolute Gasteiger partial charge is 0.255 e. The molecule has 0 radical (unpaired) electrons. The molecule has 2 atom stereocenters. The van der Waals surface area contributed by atoms with Crippen molar-refractivity contribution < 1.29 is 9.90 Å². The van der Waals surface area contributed by atoms with Crippen LogP contribution in [0.1, 0.15) is 48.0 Å². The minimum absolute atomic E-state index is 0.0759. The first kappa shape index (κ1) is 21.9. The molecule has 2 aromatic carbocycles. The second-order valence-electron chi connectivity index (χ2n) is 9.39. The van der Waals surface area contributed by atoms with E-state index in [4.69, 9.17) is 5.10 Å². The number of aromatic nitrogens is 2. The summed E-state index contributed by atoms with van der Waals surface area (Å²) in [5.74, 6) is -0.0759. The van der Waals surface area contributed by atoms with Crippen LogP contribution in [0.15, 0.2) is 60.8 Å². The molecule has 2 unspecified atom stereocenters. The van der Waals surface area contributed by atoms with Crippen molar-refractivity contribution in [2.45, 2.75) is 57.2 Å². The van der Waals surface area contributed by atoms with E-state index >= 15 is 0 Å². The Morgan fingerprint density at radius 2 is 1.82 bits per heavy atom. The number of hydrogen-bond donors (Lipinski definition) is 2.